The van der Waals surface area contributed by atoms with Crippen molar-refractivity contribution in [2.45, 2.75) is 62.1 Å². The summed E-state index contributed by atoms with van der Waals surface area (Å²) in [6, 6.07) is 4.79. The normalized spacial score (nSPS) is 30.5. The molecule has 6 rings (SSSR count). The number of aromatic nitrogens is 2. The van der Waals surface area contributed by atoms with Crippen molar-refractivity contribution in [1.82, 2.24) is 14.9 Å². The molecule has 3 saturated carbocycles. The Morgan fingerprint density at radius 1 is 1.10 bits per heavy atom. The van der Waals surface area contributed by atoms with Crippen molar-refractivity contribution < 1.29 is 35.5 Å². The zero-order valence-corrected chi connectivity index (χ0v) is 21.7. The van der Waals surface area contributed by atoms with Crippen molar-refractivity contribution in [2.75, 3.05) is 11.9 Å². The second-order valence-electron chi connectivity index (χ2n) is 11.9. The van der Waals surface area contributed by atoms with E-state index < -0.39 is 64.0 Å². The van der Waals surface area contributed by atoms with E-state index in [-0.39, 0.29) is 54.1 Å². The fourth-order valence-electron chi connectivity index (χ4n) is 7.19. The minimum atomic E-state index is -4.57. The van der Waals surface area contributed by atoms with E-state index in [0.717, 1.165) is 35.0 Å². The smallest absolute Gasteiger partial charge is 0.361 e. The lowest BCUT2D eigenvalue weighted by atomic mass is 9.60. The fraction of sp³-hybridized carbons (Fsp3) is 0.464. The van der Waals surface area contributed by atoms with E-state index in [4.69, 9.17) is 0 Å². The van der Waals surface area contributed by atoms with Crippen LogP contribution in [-0.4, -0.2) is 45.1 Å². The van der Waals surface area contributed by atoms with Crippen LogP contribution in [0.2, 0.25) is 0 Å². The van der Waals surface area contributed by atoms with Gasteiger partial charge in [-0.3, -0.25) is 14.2 Å². The van der Waals surface area contributed by atoms with Gasteiger partial charge in [0.2, 0.25) is 5.43 Å². The first-order valence-corrected chi connectivity index (χ1v) is 13.1. The minimum absolute atomic E-state index is 0.0721. The SMILES string of the molecule is CC1(NC(=O)c2cn(-c3ccc(F)cc3F)c3nc(NCC(F)(F)F)ccc3c2=O)CC2CC3(F)C[C@](F)(CC23)C1. The predicted molar refractivity (Wildman–Crippen MR) is 135 cm³/mol. The van der Waals surface area contributed by atoms with E-state index in [0.29, 0.717) is 12.5 Å². The van der Waals surface area contributed by atoms with E-state index >= 15 is 4.39 Å². The highest BCUT2D eigenvalue weighted by molar-refractivity contribution is 5.97. The average Bonchev–Trinajstić information content (AvgIpc) is 2.99. The van der Waals surface area contributed by atoms with Crippen molar-refractivity contribution in [3.05, 3.63) is 63.9 Å². The maximum Gasteiger partial charge on any atom is 0.405 e. The molecule has 0 radical (unpaired) electrons. The number of alkyl halides is 5. The molecular formula is C28H25F7N4O2. The predicted octanol–water partition coefficient (Wildman–Crippen LogP) is 5.77. The average molecular weight is 583 g/mol. The maximum absolute atomic E-state index is 15.7. The van der Waals surface area contributed by atoms with Crippen LogP contribution in [0.3, 0.4) is 0 Å². The molecule has 1 amide bonds. The van der Waals surface area contributed by atoms with Crippen LogP contribution in [-0.2, 0) is 0 Å². The summed E-state index contributed by atoms with van der Waals surface area (Å²) in [7, 11) is 0. The standard InChI is InChI=1S/C28H25F7N4O2/c1-25(7-14-8-27(32)12-26(31,11-25)9-18(14)27)38-24(41)17-10-39(20-4-2-15(29)6-19(20)30)23-16(22(17)40)3-5-21(37-23)36-13-28(33,34)35/h2-6,10,14,18H,7-9,11-13H2,1H3,(H,36,37)(H,38,41)/t14?,18?,25?,26-,27?/m0/s1. The van der Waals surface area contributed by atoms with E-state index in [1.165, 1.54) is 0 Å². The third kappa shape index (κ3) is 4.82. The van der Waals surface area contributed by atoms with Gasteiger partial charge in [0.25, 0.3) is 5.91 Å². The number of halogens is 7. The van der Waals surface area contributed by atoms with Crippen molar-refractivity contribution in [3.63, 3.8) is 0 Å². The van der Waals surface area contributed by atoms with Crippen LogP contribution in [0.1, 0.15) is 49.4 Å². The third-order valence-corrected chi connectivity index (χ3v) is 8.60. The minimum Gasteiger partial charge on any atom is -0.361 e. The summed E-state index contributed by atoms with van der Waals surface area (Å²) in [6.45, 7) is 0.214. The number of hydrogen-bond acceptors (Lipinski definition) is 4. The third-order valence-electron chi connectivity index (χ3n) is 8.60. The Morgan fingerprint density at radius 2 is 1.85 bits per heavy atom. The molecule has 2 bridgehead atoms. The Labute approximate surface area is 228 Å². The molecule has 3 aliphatic carbocycles. The van der Waals surface area contributed by atoms with Gasteiger partial charge in [-0.15, -0.1) is 0 Å². The highest BCUT2D eigenvalue weighted by Crippen LogP contribution is 2.66. The Balaban J connectivity index is 1.41. The largest absolute Gasteiger partial charge is 0.405 e. The summed E-state index contributed by atoms with van der Waals surface area (Å²) in [6.07, 6.45) is -3.39. The lowest BCUT2D eigenvalue weighted by Gasteiger charge is -2.50. The summed E-state index contributed by atoms with van der Waals surface area (Å²) in [5.74, 6) is -3.69. The lowest BCUT2D eigenvalue weighted by molar-refractivity contribution is -0.115. The Morgan fingerprint density at radius 3 is 2.56 bits per heavy atom. The number of pyridine rings is 2. The van der Waals surface area contributed by atoms with Gasteiger partial charge in [-0.05, 0) is 62.3 Å². The quantitative estimate of drug-likeness (QED) is 0.375. The second kappa shape index (κ2) is 8.93. The van der Waals surface area contributed by atoms with Crippen LogP contribution in [0, 0.1) is 23.5 Å². The number of nitrogens with zero attached hydrogens (tertiary/aromatic N) is 2. The van der Waals surface area contributed by atoms with E-state index in [2.05, 4.69) is 15.6 Å². The van der Waals surface area contributed by atoms with E-state index in [1.807, 2.05) is 0 Å². The summed E-state index contributed by atoms with van der Waals surface area (Å²) < 4.78 is 98.4. The Hall–Kier alpha value is -3.64. The van der Waals surface area contributed by atoms with Crippen LogP contribution in [0.5, 0.6) is 0 Å². The van der Waals surface area contributed by atoms with Crippen LogP contribution >= 0.6 is 0 Å². The fourth-order valence-corrected chi connectivity index (χ4v) is 7.19. The topological polar surface area (TPSA) is 76.0 Å². The maximum atomic E-state index is 15.7. The van der Waals surface area contributed by atoms with Gasteiger partial charge in [0, 0.05) is 30.6 Å². The summed E-state index contributed by atoms with van der Waals surface area (Å²) in [4.78, 5) is 31.1. The molecule has 2 heterocycles. The number of benzene rings is 1. The van der Waals surface area contributed by atoms with Gasteiger partial charge in [0.05, 0.1) is 11.1 Å². The molecule has 3 fully saturated rings. The van der Waals surface area contributed by atoms with Crippen molar-refractivity contribution in [2.24, 2.45) is 11.8 Å². The molecule has 2 N–H and O–H groups in total. The van der Waals surface area contributed by atoms with Crippen LogP contribution in [0.4, 0.5) is 36.6 Å². The number of carbonyl (C=O) groups excluding carboxylic acids is 1. The highest BCUT2D eigenvalue weighted by atomic mass is 19.4. The molecule has 0 spiro atoms. The molecule has 1 aromatic carbocycles. The number of rotatable bonds is 5. The van der Waals surface area contributed by atoms with Gasteiger partial charge in [0.15, 0.2) is 5.65 Å². The van der Waals surface area contributed by atoms with Gasteiger partial charge in [0.1, 0.15) is 40.9 Å². The molecule has 0 aliphatic heterocycles. The number of nitrogens with one attached hydrogen (secondary N) is 2. The van der Waals surface area contributed by atoms with E-state index in [9.17, 15) is 35.9 Å². The highest BCUT2D eigenvalue weighted by Gasteiger charge is 2.69. The van der Waals surface area contributed by atoms with Crippen molar-refractivity contribution in [3.8, 4) is 5.69 Å². The van der Waals surface area contributed by atoms with Gasteiger partial charge in [-0.2, -0.15) is 13.2 Å². The van der Waals surface area contributed by atoms with Gasteiger partial charge >= 0.3 is 6.18 Å². The number of fused-ring (bicyclic) bond motifs is 2. The van der Waals surface area contributed by atoms with E-state index in [1.54, 1.807) is 6.92 Å². The Kier molecular flexibility index (Phi) is 5.99. The number of hydrogen-bond donors (Lipinski definition) is 2. The molecule has 5 atom stereocenters. The van der Waals surface area contributed by atoms with Crippen LogP contribution in [0.15, 0.2) is 41.3 Å². The summed E-state index contributed by atoms with van der Waals surface area (Å²) in [5, 5.41) is 4.63. The number of amides is 1. The zero-order valence-electron chi connectivity index (χ0n) is 21.7. The van der Waals surface area contributed by atoms with Gasteiger partial charge < -0.3 is 10.6 Å². The first kappa shape index (κ1) is 27.5. The monoisotopic (exact) mass is 582 g/mol. The molecule has 41 heavy (non-hydrogen) atoms. The molecular weight excluding hydrogens is 557 g/mol. The number of anilines is 1. The zero-order chi connectivity index (χ0) is 29.5. The summed E-state index contributed by atoms with van der Waals surface area (Å²) >= 11 is 0. The number of carbonyl (C=O) groups is 1. The van der Waals surface area contributed by atoms with Crippen molar-refractivity contribution in [1.29, 1.82) is 0 Å². The summed E-state index contributed by atoms with van der Waals surface area (Å²) in [5.41, 5.74) is -6.33. The first-order valence-electron chi connectivity index (χ1n) is 13.1. The molecule has 4 unspecified atom stereocenters. The van der Waals surface area contributed by atoms with Crippen LogP contribution in [0.25, 0.3) is 16.7 Å². The molecule has 3 aromatic rings. The second-order valence-corrected chi connectivity index (χ2v) is 11.9. The van der Waals surface area contributed by atoms with Crippen LogP contribution < -0.4 is 16.1 Å². The molecule has 3 aliphatic rings. The Bertz CT molecular complexity index is 1640. The molecule has 6 nitrogen and oxygen atoms in total. The van der Waals surface area contributed by atoms with Gasteiger partial charge in [-0.25, -0.2) is 22.5 Å². The molecule has 0 saturated heterocycles. The van der Waals surface area contributed by atoms with Crippen molar-refractivity contribution >= 4 is 22.8 Å². The molecule has 218 valence electrons. The molecule has 2 aromatic heterocycles. The molecule has 13 heteroatoms. The van der Waals surface area contributed by atoms with Gasteiger partial charge in [-0.1, -0.05) is 0 Å². The lowest BCUT2D eigenvalue weighted by Crippen LogP contribution is -2.56. The first-order chi connectivity index (χ1) is 19.1.